The lowest BCUT2D eigenvalue weighted by atomic mass is 9.65. The fraction of sp³-hybridized carbons (Fsp3) is 0.947. The van der Waals surface area contributed by atoms with Gasteiger partial charge in [0.15, 0.2) is 5.96 Å². The molecule has 2 fully saturated rings. The maximum Gasteiger partial charge on any atom is 0.194 e. The van der Waals surface area contributed by atoms with Crippen LogP contribution in [0.5, 0.6) is 0 Å². The fourth-order valence-corrected chi connectivity index (χ4v) is 3.50. The molecule has 2 rings (SSSR count). The van der Waals surface area contributed by atoms with E-state index in [2.05, 4.69) is 61.7 Å². The number of likely N-dealkylation sites (tertiary alicyclic amines) is 1. The second-order valence-corrected chi connectivity index (χ2v) is 8.62. The van der Waals surface area contributed by atoms with Gasteiger partial charge in [0.25, 0.3) is 0 Å². The molecule has 2 heterocycles. The van der Waals surface area contributed by atoms with E-state index in [0.29, 0.717) is 5.41 Å². The van der Waals surface area contributed by atoms with E-state index in [0.717, 1.165) is 25.6 Å². The predicted molar refractivity (Wildman–Crippen MR) is 104 cm³/mol. The Morgan fingerprint density at radius 2 is 1.71 bits per heavy atom. The Morgan fingerprint density at radius 1 is 1.04 bits per heavy atom. The molecular formula is C19H39N5. The second kappa shape index (κ2) is 8.05. The van der Waals surface area contributed by atoms with Gasteiger partial charge in [-0.2, -0.15) is 0 Å². The normalized spacial score (nSPS) is 24.8. The van der Waals surface area contributed by atoms with Crippen molar-refractivity contribution in [1.29, 1.82) is 0 Å². The molecule has 0 radical (unpaired) electrons. The van der Waals surface area contributed by atoms with Gasteiger partial charge in [0.2, 0.25) is 0 Å². The van der Waals surface area contributed by atoms with Gasteiger partial charge in [0.1, 0.15) is 0 Å². The summed E-state index contributed by atoms with van der Waals surface area (Å²) in [6.07, 6.45) is 2.43. The molecule has 24 heavy (non-hydrogen) atoms. The number of rotatable bonds is 6. The quantitative estimate of drug-likeness (QED) is 0.457. The minimum absolute atomic E-state index is 0.174. The third-order valence-electron chi connectivity index (χ3n) is 6.21. The Balaban J connectivity index is 1.74. The molecule has 0 amide bonds. The third-order valence-corrected chi connectivity index (χ3v) is 6.21. The standard InChI is InChI=1S/C19H39N5/c1-7-20-17(24-16-18(2,3)19(24,4)5)21-10-8-9-11-23-14-12-22(6)13-15-23/h7-16H2,1-6H3,(H,20,21). The number of hydrogen-bond acceptors (Lipinski definition) is 3. The molecule has 0 aromatic heterocycles. The number of guanidine groups is 1. The highest BCUT2D eigenvalue weighted by atomic mass is 15.4. The third kappa shape index (κ3) is 4.42. The van der Waals surface area contributed by atoms with Crippen LogP contribution in [-0.4, -0.2) is 85.6 Å². The first kappa shape index (κ1) is 19.5. The topological polar surface area (TPSA) is 34.1 Å². The molecule has 0 bridgehead atoms. The van der Waals surface area contributed by atoms with Gasteiger partial charge in [0.05, 0.1) is 0 Å². The Morgan fingerprint density at radius 3 is 2.25 bits per heavy atom. The van der Waals surface area contributed by atoms with E-state index >= 15 is 0 Å². The minimum atomic E-state index is 0.174. The Kier molecular flexibility index (Phi) is 6.54. The molecule has 140 valence electrons. The van der Waals surface area contributed by atoms with Gasteiger partial charge in [-0.05, 0) is 47.2 Å². The van der Waals surface area contributed by atoms with E-state index in [1.165, 1.54) is 45.6 Å². The van der Waals surface area contributed by atoms with E-state index in [4.69, 9.17) is 4.99 Å². The number of nitrogens with zero attached hydrogens (tertiary/aromatic N) is 4. The van der Waals surface area contributed by atoms with Crippen LogP contribution >= 0.6 is 0 Å². The van der Waals surface area contributed by atoms with E-state index in [1.54, 1.807) is 0 Å². The van der Waals surface area contributed by atoms with Crippen LogP contribution < -0.4 is 5.32 Å². The molecule has 0 aromatic carbocycles. The summed E-state index contributed by atoms with van der Waals surface area (Å²) in [6.45, 7) is 20.6. The second-order valence-electron chi connectivity index (χ2n) is 8.62. The van der Waals surface area contributed by atoms with Gasteiger partial charge in [-0.3, -0.25) is 4.99 Å². The summed E-state index contributed by atoms with van der Waals surface area (Å²) < 4.78 is 0. The lowest BCUT2D eigenvalue weighted by Crippen LogP contribution is -2.72. The lowest BCUT2D eigenvalue weighted by molar-refractivity contribution is -0.0667. The monoisotopic (exact) mass is 337 g/mol. The van der Waals surface area contributed by atoms with E-state index in [1.807, 2.05) is 0 Å². The molecule has 0 aliphatic carbocycles. The summed E-state index contributed by atoms with van der Waals surface area (Å²) in [6, 6.07) is 0. The van der Waals surface area contributed by atoms with E-state index in [-0.39, 0.29) is 5.54 Å². The summed E-state index contributed by atoms with van der Waals surface area (Å²) in [5.74, 6) is 1.10. The smallest absolute Gasteiger partial charge is 0.194 e. The highest BCUT2D eigenvalue weighted by Crippen LogP contribution is 2.46. The van der Waals surface area contributed by atoms with Crippen LogP contribution in [0.2, 0.25) is 0 Å². The van der Waals surface area contributed by atoms with Crippen LogP contribution in [0.3, 0.4) is 0 Å². The molecule has 2 saturated heterocycles. The number of aliphatic imine (C=N–C) groups is 1. The van der Waals surface area contributed by atoms with Gasteiger partial charge in [-0.1, -0.05) is 13.8 Å². The molecule has 1 N–H and O–H groups in total. The molecule has 0 unspecified atom stereocenters. The van der Waals surface area contributed by atoms with Crippen LogP contribution in [0.1, 0.15) is 47.5 Å². The van der Waals surface area contributed by atoms with Gasteiger partial charge in [-0.15, -0.1) is 0 Å². The Hall–Kier alpha value is -0.810. The summed E-state index contributed by atoms with van der Waals surface area (Å²) >= 11 is 0. The summed E-state index contributed by atoms with van der Waals surface area (Å²) in [4.78, 5) is 12.3. The van der Waals surface area contributed by atoms with Crippen molar-refractivity contribution in [3.05, 3.63) is 0 Å². The van der Waals surface area contributed by atoms with Crippen LogP contribution in [0.25, 0.3) is 0 Å². The zero-order valence-electron chi connectivity index (χ0n) is 16.9. The highest BCUT2D eigenvalue weighted by molar-refractivity contribution is 5.82. The maximum absolute atomic E-state index is 4.90. The number of nitrogens with one attached hydrogen (secondary N) is 1. The highest BCUT2D eigenvalue weighted by Gasteiger charge is 2.53. The molecule has 0 atom stereocenters. The number of piperazine rings is 1. The van der Waals surface area contributed by atoms with E-state index < -0.39 is 0 Å². The maximum atomic E-state index is 4.90. The van der Waals surface area contributed by atoms with Gasteiger partial charge >= 0.3 is 0 Å². The minimum Gasteiger partial charge on any atom is -0.356 e. The Bertz CT molecular complexity index is 421. The van der Waals surface area contributed by atoms with Crippen molar-refractivity contribution in [3.63, 3.8) is 0 Å². The van der Waals surface area contributed by atoms with Crippen molar-refractivity contribution in [2.24, 2.45) is 10.4 Å². The molecule has 5 heteroatoms. The van der Waals surface area contributed by atoms with Gasteiger partial charge in [0, 0.05) is 56.8 Å². The largest absolute Gasteiger partial charge is 0.356 e. The molecule has 2 aliphatic rings. The number of hydrogen-bond donors (Lipinski definition) is 1. The van der Waals surface area contributed by atoms with Crippen molar-refractivity contribution < 1.29 is 0 Å². The van der Waals surface area contributed by atoms with Crippen molar-refractivity contribution in [1.82, 2.24) is 20.0 Å². The molecule has 0 spiro atoms. The van der Waals surface area contributed by atoms with Crippen molar-refractivity contribution in [3.8, 4) is 0 Å². The van der Waals surface area contributed by atoms with Crippen LogP contribution in [0, 0.1) is 5.41 Å². The average molecular weight is 338 g/mol. The van der Waals surface area contributed by atoms with Gasteiger partial charge in [-0.25, -0.2) is 0 Å². The Labute approximate surface area is 149 Å². The SMILES string of the molecule is CCNC(=NCCCCN1CCN(C)CC1)N1CC(C)(C)C1(C)C. The first-order chi connectivity index (χ1) is 11.3. The van der Waals surface area contributed by atoms with E-state index in [9.17, 15) is 0 Å². The average Bonchev–Trinajstić information content (AvgIpc) is 2.53. The van der Waals surface area contributed by atoms with Crippen LogP contribution in [-0.2, 0) is 0 Å². The summed E-state index contributed by atoms with van der Waals surface area (Å²) in [7, 11) is 2.22. The predicted octanol–water partition coefficient (Wildman–Crippen LogP) is 2.10. The molecule has 5 nitrogen and oxygen atoms in total. The van der Waals surface area contributed by atoms with Crippen molar-refractivity contribution >= 4 is 5.96 Å². The summed E-state index contributed by atoms with van der Waals surface area (Å²) in [5.41, 5.74) is 0.526. The molecule has 0 aromatic rings. The first-order valence-electron chi connectivity index (χ1n) is 9.75. The van der Waals surface area contributed by atoms with Crippen LogP contribution in [0.15, 0.2) is 4.99 Å². The zero-order chi connectivity index (χ0) is 17.8. The van der Waals surface area contributed by atoms with Gasteiger partial charge < -0.3 is 20.0 Å². The number of likely N-dealkylation sites (N-methyl/N-ethyl adjacent to an activating group) is 1. The summed E-state index contributed by atoms with van der Waals surface area (Å²) in [5, 5.41) is 3.48. The van der Waals surface area contributed by atoms with Crippen LogP contribution in [0.4, 0.5) is 0 Å². The van der Waals surface area contributed by atoms with Crippen molar-refractivity contribution in [2.45, 2.75) is 53.0 Å². The number of unbranched alkanes of at least 4 members (excludes halogenated alkanes) is 1. The fourth-order valence-electron chi connectivity index (χ4n) is 3.50. The first-order valence-corrected chi connectivity index (χ1v) is 9.75. The zero-order valence-corrected chi connectivity index (χ0v) is 16.9. The van der Waals surface area contributed by atoms with Crippen molar-refractivity contribution in [2.75, 3.05) is 59.4 Å². The molecule has 0 saturated carbocycles. The molecular weight excluding hydrogens is 298 g/mol. The lowest BCUT2D eigenvalue weighted by Gasteiger charge is -2.62. The molecule has 2 aliphatic heterocycles.